The van der Waals surface area contributed by atoms with Gasteiger partial charge in [0.15, 0.2) is 11.5 Å². The molecule has 1 atom stereocenters. The van der Waals surface area contributed by atoms with Crippen LogP contribution < -0.4 is 9.92 Å². The monoisotopic (exact) mass is 495 g/mol. The normalized spacial score (nSPS) is 19.9. The molecule has 2 aliphatic heterocycles. The van der Waals surface area contributed by atoms with Crippen LogP contribution in [-0.2, 0) is 15.7 Å². The third-order valence-electron chi connectivity index (χ3n) is 5.77. The van der Waals surface area contributed by atoms with Crippen LogP contribution in [0.1, 0.15) is 17.5 Å². The molecule has 0 saturated heterocycles. The van der Waals surface area contributed by atoms with E-state index in [-0.39, 0.29) is 5.75 Å². The Hall–Kier alpha value is -3.43. The van der Waals surface area contributed by atoms with E-state index in [2.05, 4.69) is 4.98 Å². The third-order valence-corrected chi connectivity index (χ3v) is 6.48. The van der Waals surface area contributed by atoms with E-state index in [9.17, 15) is 8.42 Å². The quantitative estimate of drug-likeness (QED) is 0.543. The smallest absolute Gasteiger partial charge is 0.306 e. The number of fused-ring (bicyclic) bond motifs is 1. The third kappa shape index (κ3) is 4.01. The number of hydrogen-bond acceptors (Lipinski definition) is 8. The number of guanidine groups is 1. The zero-order valence-corrected chi connectivity index (χ0v) is 19.9. The summed E-state index contributed by atoms with van der Waals surface area (Å²) >= 11 is 6.28. The molecular formula is C24H22ClN5O3S. The first-order valence-electron chi connectivity index (χ1n) is 10.7. The maximum absolute atomic E-state index is 11.6. The molecule has 34 heavy (non-hydrogen) atoms. The van der Waals surface area contributed by atoms with Crippen molar-refractivity contribution in [3.05, 3.63) is 83.1 Å². The fraction of sp³-hybridized carbons (Fsp3) is 0.208. The Morgan fingerprint density at radius 2 is 1.85 bits per heavy atom. The van der Waals surface area contributed by atoms with Gasteiger partial charge in [0.05, 0.1) is 6.26 Å². The number of pyridine rings is 1. The van der Waals surface area contributed by atoms with Crippen molar-refractivity contribution in [2.45, 2.75) is 12.0 Å². The fourth-order valence-electron chi connectivity index (χ4n) is 4.44. The van der Waals surface area contributed by atoms with Crippen LogP contribution in [0.2, 0.25) is 5.02 Å². The summed E-state index contributed by atoms with van der Waals surface area (Å²) in [4.78, 5) is 15.9. The standard InChI is InChI=1S/C24H22ClN5O3S/c1-34(31,32)33-21-14-17(13-20(25)15-21)16-4-2-5-19(12-16)24(18-6-9-27-10-7-18)22-28-8-3-11-30(22)23(26)29-24/h2,4-7,9-10,12-15H,3,8,11H2,1H3,(H2,26,29). The predicted molar refractivity (Wildman–Crippen MR) is 133 cm³/mol. The van der Waals surface area contributed by atoms with Crippen LogP contribution in [0, 0.1) is 0 Å². The first-order chi connectivity index (χ1) is 16.3. The van der Waals surface area contributed by atoms with Crippen LogP contribution in [0.15, 0.2) is 77.0 Å². The molecule has 5 rings (SSSR count). The van der Waals surface area contributed by atoms with Gasteiger partial charge in [-0.3, -0.25) is 14.9 Å². The molecule has 1 aromatic heterocycles. The van der Waals surface area contributed by atoms with Gasteiger partial charge in [0, 0.05) is 36.6 Å². The minimum absolute atomic E-state index is 0.144. The van der Waals surface area contributed by atoms with E-state index in [0.29, 0.717) is 23.1 Å². The van der Waals surface area contributed by atoms with Crippen LogP contribution >= 0.6 is 11.6 Å². The highest BCUT2D eigenvalue weighted by atomic mass is 35.5. The number of nitrogens with two attached hydrogens (primary N) is 1. The van der Waals surface area contributed by atoms with Gasteiger partial charge in [-0.25, -0.2) is 4.99 Å². The Morgan fingerprint density at radius 3 is 2.62 bits per heavy atom. The van der Waals surface area contributed by atoms with Crippen molar-refractivity contribution >= 4 is 33.5 Å². The zero-order valence-electron chi connectivity index (χ0n) is 18.3. The summed E-state index contributed by atoms with van der Waals surface area (Å²) in [5.74, 6) is 1.35. The van der Waals surface area contributed by atoms with Gasteiger partial charge in [-0.2, -0.15) is 8.42 Å². The average molecular weight is 496 g/mol. The maximum atomic E-state index is 11.6. The first kappa shape index (κ1) is 22.4. The molecule has 0 amide bonds. The van der Waals surface area contributed by atoms with Gasteiger partial charge >= 0.3 is 10.1 Å². The van der Waals surface area contributed by atoms with Crippen LogP contribution in [0.3, 0.4) is 0 Å². The van der Waals surface area contributed by atoms with Gasteiger partial charge in [0.1, 0.15) is 11.6 Å². The van der Waals surface area contributed by atoms with Gasteiger partial charge in [0.25, 0.3) is 0 Å². The molecule has 0 radical (unpaired) electrons. The van der Waals surface area contributed by atoms with Crippen LogP contribution in [0.4, 0.5) is 0 Å². The lowest BCUT2D eigenvalue weighted by Gasteiger charge is -2.33. The summed E-state index contributed by atoms with van der Waals surface area (Å²) in [6.07, 6.45) is 5.35. The molecule has 0 bridgehead atoms. The predicted octanol–water partition coefficient (Wildman–Crippen LogP) is 3.42. The Balaban J connectivity index is 1.68. The van der Waals surface area contributed by atoms with Crippen molar-refractivity contribution in [1.29, 1.82) is 0 Å². The van der Waals surface area contributed by atoms with Crippen molar-refractivity contribution in [2.75, 3.05) is 19.3 Å². The van der Waals surface area contributed by atoms with E-state index in [1.54, 1.807) is 24.5 Å². The molecule has 10 heteroatoms. The van der Waals surface area contributed by atoms with Crippen molar-refractivity contribution in [1.82, 2.24) is 9.88 Å². The number of halogens is 1. The number of benzene rings is 2. The minimum Gasteiger partial charge on any atom is -0.383 e. The van der Waals surface area contributed by atoms with Gasteiger partial charge in [-0.1, -0.05) is 29.8 Å². The molecule has 174 valence electrons. The SMILES string of the molecule is CS(=O)(=O)Oc1cc(Cl)cc(-c2cccc(C3(c4ccncc4)N=C(N)N4CCCN=C43)c2)c1. The fourth-order valence-corrected chi connectivity index (χ4v) is 5.11. The molecule has 2 aromatic carbocycles. The Bertz CT molecular complexity index is 1430. The molecule has 3 heterocycles. The average Bonchev–Trinajstić information content (AvgIpc) is 3.12. The number of rotatable bonds is 5. The highest BCUT2D eigenvalue weighted by Crippen LogP contribution is 2.42. The number of amidine groups is 1. The second-order valence-electron chi connectivity index (χ2n) is 8.17. The number of aromatic nitrogens is 1. The first-order valence-corrected chi connectivity index (χ1v) is 12.8. The Kier molecular flexibility index (Phi) is 5.53. The molecule has 0 spiro atoms. The van der Waals surface area contributed by atoms with Crippen molar-refractivity contribution in [3.63, 3.8) is 0 Å². The second kappa shape index (κ2) is 8.41. The molecule has 8 nitrogen and oxygen atoms in total. The molecule has 0 saturated carbocycles. The summed E-state index contributed by atoms with van der Waals surface area (Å²) < 4.78 is 28.3. The number of aliphatic imine (C=N–C) groups is 2. The lowest BCUT2D eigenvalue weighted by Crippen LogP contribution is -2.46. The Morgan fingerprint density at radius 1 is 1.06 bits per heavy atom. The van der Waals surface area contributed by atoms with E-state index in [0.717, 1.165) is 41.7 Å². The molecule has 0 aliphatic carbocycles. The van der Waals surface area contributed by atoms with E-state index in [4.69, 9.17) is 31.5 Å². The van der Waals surface area contributed by atoms with Gasteiger partial charge < -0.3 is 9.92 Å². The maximum Gasteiger partial charge on any atom is 0.306 e. The van der Waals surface area contributed by atoms with Gasteiger partial charge in [-0.05, 0) is 59.0 Å². The topological polar surface area (TPSA) is 110 Å². The summed E-state index contributed by atoms with van der Waals surface area (Å²) in [6, 6.07) is 16.5. The highest BCUT2D eigenvalue weighted by molar-refractivity contribution is 7.86. The van der Waals surface area contributed by atoms with E-state index in [1.165, 1.54) is 6.07 Å². The van der Waals surface area contributed by atoms with E-state index < -0.39 is 15.7 Å². The van der Waals surface area contributed by atoms with Crippen LogP contribution in [0.25, 0.3) is 11.1 Å². The van der Waals surface area contributed by atoms with E-state index in [1.807, 2.05) is 41.3 Å². The van der Waals surface area contributed by atoms with E-state index >= 15 is 0 Å². The summed E-state index contributed by atoms with van der Waals surface area (Å²) in [5.41, 5.74) is 8.74. The number of hydrogen-bond donors (Lipinski definition) is 1. The van der Waals surface area contributed by atoms with Crippen molar-refractivity contribution < 1.29 is 12.6 Å². The van der Waals surface area contributed by atoms with Crippen LogP contribution in [-0.4, -0.2) is 49.4 Å². The molecule has 0 fully saturated rings. The lowest BCUT2D eigenvalue weighted by atomic mass is 9.81. The molecule has 2 N–H and O–H groups in total. The van der Waals surface area contributed by atoms with Gasteiger partial charge in [0.2, 0.25) is 0 Å². The van der Waals surface area contributed by atoms with Gasteiger partial charge in [-0.15, -0.1) is 0 Å². The molecule has 3 aromatic rings. The largest absolute Gasteiger partial charge is 0.383 e. The summed E-state index contributed by atoms with van der Waals surface area (Å²) in [5, 5.41) is 0.358. The molecule has 1 unspecified atom stereocenters. The number of nitrogens with zero attached hydrogens (tertiary/aromatic N) is 4. The van der Waals surface area contributed by atoms with Crippen molar-refractivity contribution in [3.8, 4) is 16.9 Å². The van der Waals surface area contributed by atoms with Crippen molar-refractivity contribution in [2.24, 2.45) is 15.7 Å². The minimum atomic E-state index is -3.70. The lowest BCUT2D eigenvalue weighted by molar-refractivity contribution is 0.493. The molecular weight excluding hydrogens is 474 g/mol. The van der Waals surface area contributed by atoms with Crippen LogP contribution in [0.5, 0.6) is 5.75 Å². The molecule has 2 aliphatic rings. The second-order valence-corrected chi connectivity index (χ2v) is 10.2. The highest BCUT2D eigenvalue weighted by Gasteiger charge is 2.49. The summed E-state index contributed by atoms with van der Waals surface area (Å²) in [6.45, 7) is 1.45. The Labute approximate surface area is 202 Å². The summed E-state index contributed by atoms with van der Waals surface area (Å²) in [7, 11) is -3.70. The zero-order chi connectivity index (χ0) is 23.9.